The highest BCUT2D eigenvalue weighted by molar-refractivity contribution is 6.30. The Morgan fingerprint density at radius 3 is 2.55 bits per heavy atom. The number of ether oxygens (including phenoxy) is 1. The fourth-order valence-corrected chi connectivity index (χ4v) is 1.90. The molecule has 22 heavy (non-hydrogen) atoms. The van der Waals surface area contributed by atoms with E-state index in [9.17, 15) is 14.0 Å². The standard InChI is InChI=1S/C16H13ClFNO3/c17-12-6-7-13(14(18)8-12)15(20)9-19-16(21)22-10-11-4-2-1-3-5-11/h1-8H,9-10H2,(H,19,21). The van der Waals surface area contributed by atoms with Crippen LogP contribution in [0.5, 0.6) is 0 Å². The van der Waals surface area contributed by atoms with Gasteiger partial charge < -0.3 is 10.1 Å². The number of carbonyl (C=O) groups excluding carboxylic acids is 2. The Kier molecular flexibility index (Phi) is 5.49. The summed E-state index contributed by atoms with van der Waals surface area (Å²) in [5.74, 6) is -1.29. The Bertz CT molecular complexity index is 676. The molecule has 0 fully saturated rings. The number of carbonyl (C=O) groups is 2. The van der Waals surface area contributed by atoms with Crippen LogP contribution in [0.4, 0.5) is 9.18 Å². The van der Waals surface area contributed by atoms with E-state index in [0.29, 0.717) is 0 Å². The Morgan fingerprint density at radius 1 is 1.14 bits per heavy atom. The van der Waals surface area contributed by atoms with Gasteiger partial charge in [-0.2, -0.15) is 0 Å². The molecule has 0 atom stereocenters. The van der Waals surface area contributed by atoms with Gasteiger partial charge in [0, 0.05) is 5.02 Å². The van der Waals surface area contributed by atoms with Crippen molar-refractivity contribution in [3.05, 3.63) is 70.5 Å². The lowest BCUT2D eigenvalue weighted by atomic mass is 10.1. The molecule has 2 aromatic carbocycles. The van der Waals surface area contributed by atoms with Crippen LogP contribution in [0.3, 0.4) is 0 Å². The van der Waals surface area contributed by atoms with Crippen molar-refractivity contribution in [2.24, 2.45) is 0 Å². The second-order valence-corrected chi connectivity index (χ2v) is 4.90. The minimum Gasteiger partial charge on any atom is -0.445 e. The van der Waals surface area contributed by atoms with Crippen molar-refractivity contribution in [2.45, 2.75) is 6.61 Å². The van der Waals surface area contributed by atoms with E-state index in [2.05, 4.69) is 5.32 Å². The average molecular weight is 322 g/mol. The number of nitrogens with one attached hydrogen (secondary N) is 1. The molecule has 0 saturated carbocycles. The maximum atomic E-state index is 13.5. The van der Waals surface area contributed by atoms with E-state index >= 15 is 0 Å². The van der Waals surface area contributed by atoms with Crippen LogP contribution in [0.15, 0.2) is 48.5 Å². The number of rotatable bonds is 5. The maximum absolute atomic E-state index is 13.5. The first-order valence-electron chi connectivity index (χ1n) is 6.49. The van der Waals surface area contributed by atoms with E-state index in [1.807, 2.05) is 30.3 Å². The van der Waals surface area contributed by atoms with Crippen LogP contribution >= 0.6 is 11.6 Å². The molecule has 0 unspecified atom stereocenters. The van der Waals surface area contributed by atoms with Gasteiger partial charge in [0.2, 0.25) is 0 Å². The number of benzene rings is 2. The molecule has 2 aromatic rings. The average Bonchev–Trinajstić information content (AvgIpc) is 2.51. The Morgan fingerprint density at radius 2 is 1.86 bits per heavy atom. The SMILES string of the molecule is O=C(NCC(=O)c1ccc(Cl)cc1F)OCc1ccccc1. The van der Waals surface area contributed by atoms with Crippen molar-refractivity contribution in [1.82, 2.24) is 5.32 Å². The molecule has 0 aliphatic carbocycles. The molecule has 0 spiro atoms. The lowest BCUT2D eigenvalue weighted by Crippen LogP contribution is -2.30. The third kappa shape index (κ3) is 4.56. The van der Waals surface area contributed by atoms with Gasteiger partial charge in [0.1, 0.15) is 12.4 Å². The van der Waals surface area contributed by atoms with Gasteiger partial charge in [0.05, 0.1) is 12.1 Å². The molecule has 114 valence electrons. The van der Waals surface area contributed by atoms with Crippen molar-refractivity contribution >= 4 is 23.5 Å². The van der Waals surface area contributed by atoms with Gasteiger partial charge in [-0.15, -0.1) is 0 Å². The van der Waals surface area contributed by atoms with Crippen molar-refractivity contribution < 1.29 is 18.7 Å². The van der Waals surface area contributed by atoms with Crippen molar-refractivity contribution in [3.8, 4) is 0 Å². The summed E-state index contributed by atoms with van der Waals surface area (Å²) in [6.45, 7) is -0.262. The summed E-state index contributed by atoms with van der Waals surface area (Å²) in [6, 6.07) is 12.8. The smallest absolute Gasteiger partial charge is 0.407 e. The molecule has 1 N–H and O–H groups in total. The third-order valence-corrected chi connectivity index (χ3v) is 3.07. The summed E-state index contributed by atoms with van der Waals surface area (Å²) in [5, 5.41) is 2.48. The molecule has 0 aromatic heterocycles. The minimum atomic E-state index is -0.744. The molecule has 0 heterocycles. The second kappa shape index (κ2) is 7.56. The lowest BCUT2D eigenvalue weighted by molar-refractivity contribution is 0.0970. The molecule has 0 radical (unpaired) electrons. The number of halogens is 2. The van der Waals surface area contributed by atoms with Gasteiger partial charge in [-0.05, 0) is 23.8 Å². The van der Waals surface area contributed by atoms with Gasteiger partial charge >= 0.3 is 6.09 Å². The molecule has 2 rings (SSSR count). The number of hydrogen-bond acceptors (Lipinski definition) is 3. The first-order valence-corrected chi connectivity index (χ1v) is 6.87. The predicted molar refractivity (Wildman–Crippen MR) is 80.4 cm³/mol. The van der Waals surface area contributed by atoms with Crippen LogP contribution in [-0.2, 0) is 11.3 Å². The topological polar surface area (TPSA) is 55.4 Å². The normalized spacial score (nSPS) is 10.1. The molecule has 4 nitrogen and oxygen atoms in total. The van der Waals surface area contributed by atoms with E-state index in [-0.39, 0.29) is 23.7 Å². The van der Waals surface area contributed by atoms with Gasteiger partial charge in [0.25, 0.3) is 0 Å². The van der Waals surface area contributed by atoms with Crippen LogP contribution in [0, 0.1) is 5.82 Å². The first kappa shape index (κ1) is 16.0. The summed E-state index contributed by atoms with van der Waals surface area (Å²) in [7, 11) is 0. The Balaban J connectivity index is 1.82. The predicted octanol–water partition coefficient (Wildman–Crippen LogP) is 3.59. The zero-order valence-electron chi connectivity index (χ0n) is 11.5. The summed E-state index contributed by atoms with van der Waals surface area (Å²) < 4.78 is 18.5. The van der Waals surface area contributed by atoms with Crippen LogP contribution in [0.25, 0.3) is 0 Å². The molecular weight excluding hydrogens is 309 g/mol. The lowest BCUT2D eigenvalue weighted by Gasteiger charge is -2.07. The highest BCUT2D eigenvalue weighted by Crippen LogP contribution is 2.14. The zero-order valence-corrected chi connectivity index (χ0v) is 12.3. The van der Waals surface area contributed by atoms with Crippen LogP contribution in [-0.4, -0.2) is 18.4 Å². The van der Waals surface area contributed by atoms with E-state index in [4.69, 9.17) is 16.3 Å². The highest BCUT2D eigenvalue weighted by Gasteiger charge is 2.13. The highest BCUT2D eigenvalue weighted by atomic mass is 35.5. The molecule has 0 bridgehead atoms. The molecule has 0 aliphatic rings. The van der Waals surface area contributed by atoms with Gasteiger partial charge in [-0.25, -0.2) is 9.18 Å². The van der Waals surface area contributed by atoms with Crippen LogP contribution in [0.2, 0.25) is 5.02 Å². The number of ketones is 1. The van der Waals surface area contributed by atoms with E-state index in [1.54, 1.807) is 0 Å². The molecule has 1 amide bonds. The number of Topliss-reactive ketones (excluding diaryl/α,β-unsaturated/α-hetero) is 1. The van der Waals surface area contributed by atoms with E-state index in [0.717, 1.165) is 11.6 Å². The summed E-state index contributed by atoms with van der Waals surface area (Å²) in [5.41, 5.74) is 0.695. The van der Waals surface area contributed by atoms with Crippen molar-refractivity contribution in [2.75, 3.05) is 6.54 Å². The number of amides is 1. The quantitative estimate of drug-likeness (QED) is 0.856. The number of alkyl carbamates (subject to hydrolysis) is 1. The minimum absolute atomic E-state index is 0.0934. The monoisotopic (exact) mass is 321 g/mol. The molecule has 0 saturated heterocycles. The molecular formula is C16H13ClFNO3. The molecule has 6 heteroatoms. The number of hydrogen-bond donors (Lipinski definition) is 1. The Hall–Kier alpha value is -2.40. The summed E-state index contributed by atoms with van der Waals surface area (Å²) in [6.07, 6.45) is -0.744. The van der Waals surface area contributed by atoms with Gasteiger partial charge in [0.15, 0.2) is 5.78 Å². The first-order chi connectivity index (χ1) is 10.6. The van der Waals surface area contributed by atoms with Crippen molar-refractivity contribution in [1.29, 1.82) is 0 Å². The van der Waals surface area contributed by atoms with Crippen LogP contribution < -0.4 is 5.32 Å². The van der Waals surface area contributed by atoms with Crippen molar-refractivity contribution in [3.63, 3.8) is 0 Å². The third-order valence-electron chi connectivity index (χ3n) is 2.84. The summed E-state index contributed by atoms with van der Waals surface area (Å²) in [4.78, 5) is 23.3. The molecule has 0 aliphatic heterocycles. The van der Waals surface area contributed by atoms with Crippen LogP contribution in [0.1, 0.15) is 15.9 Å². The fraction of sp³-hybridized carbons (Fsp3) is 0.125. The van der Waals surface area contributed by atoms with Gasteiger partial charge in [-0.1, -0.05) is 41.9 Å². The van der Waals surface area contributed by atoms with E-state index in [1.165, 1.54) is 12.1 Å². The fourth-order valence-electron chi connectivity index (χ4n) is 1.74. The largest absolute Gasteiger partial charge is 0.445 e. The Labute approximate surface area is 131 Å². The van der Waals surface area contributed by atoms with Gasteiger partial charge in [-0.3, -0.25) is 4.79 Å². The second-order valence-electron chi connectivity index (χ2n) is 4.46. The maximum Gasteiger partial charge on any atom is 0.407 e. The van der Waals surface area contributed by atoms with E-state index < -0.39 is 17.7 Å². The summed E-state index contributed by atoms with van der Waals surface area (Å²) >= 11 is 5.61. The zero-order chi connectivity index (χ0) is 15.9.